The first-order valence-electron chi connectivity index (χ1n) is 7.39. The maximum atomic E-state index is 6.34. The average molecular weight is 302 g/mol. The lowest BCUT2D eigenvalue weighted by Crippen LogP contribution is -2.15. The molecule has 2 aromatic rings. The molecule has 0 saturated heterocycles. The zero-order chi connectivity index (χ0) is 14.8. The first kappa shape index (κ1) is 14.4. The highest BCUT2D eigenvalue weighted by Crippen LogP contribution is 2.28. The summed E-state index contributed by atoms with van der Waals surface area (Å²) < 4.78 is 5.88. The summed E-state index contributed by atoms with van der Waals surface area (Å²) in [7, 11) is 0. The molecule has 0 aromatic heterocycles. The summed E-state index contributed by atoms with van der Waals surface area (Å²) in [6.45, 7) is 5.01. The smallest absolute Gasteiger partial charge is 0.128 e. The number of hydrogen-bond donors (Lipinski definition) is 1. The number of rotatable bonds is 5. The standard InChI is InChI=1S/C18H20ClNO/c1-12-3-7-16(9-13(12)2)21-17-8-4-14(18(19)10-17)11-20-15-5-6-15/h3-4,7-10,15,20H,5-6,11H2,1-2H3. The second kappa shape index (κ2) is 6.08. The number of aryl methyl sites for hydroxylation is 2. The van der Waals surface area contributed by atoms with Crippen molar-refractivity contribution < 1.29 is 4.74 Å². The molecule has 21 heavy (non-hydrogen) atoms. The average Bonchev–Trinajstić information content (AvgIpc) is 3.26. The van der Waals surface area contributed by atoms with E-state index in [0.29, 0.717) is 6.04 Å². The first-order chi connectivity index (χ1) is 10.1. The highest BCUT2D eigenvalue weighted by atomic mass is 35.5. The Labute approximate surface area is 131 Å². The maximum Gasteiger partial charge on any atom is 0.128 e. The summed E-state index contributed by atoms with van der Waals surface area (Å²) in [5, 5.41) is 4.23. The van der Waals surface area contributed by atoms with Gasteiger partial charge in [-0.05, 0) is 67.6 Å². The van der Waals surface area contributed by atoms with Crippen molar-refractivity contribution in [1.82, 2.24) is 5.32 Å². The van der Waals surface area contributed by atoms with Crippen LogP contribution in [0.4, 0.5) is 0 Å². The second-order valence-corrected chi connectivity index (χ2v) is 6.16. The molecule has 0 aliphatic heterocycles. The van der Waals surface area contributed by atoms with E-state index < -0.39 is 0 Å². The molecule has 3 rings (SSSR count). The maximum absolute atomic E-state index is 6.34. The molecule has 1 fully saturated rings. The lowest BCUT2D eigenvalue weighted by molar-refractivity contribution is 0.482. The van der Waals surface area contributed by atoms with E-state index in [-0.39, 0.29) is 0 Å². The van der Waals surface area contributed by atoms with E-state index >= 15 is 0 Å². The third-order valence-electron chi connectivity index (χ3n) is 3.90. The van der Waals surface area contributed by atoms with Crippen LogP contribution in [0.25, 0.3) is 0 Å². The van der Waals surface area contributed by atoms with Gasteiger partial charge < -0.3 is 10.1 Å². The van der Waals surface area contributed by atoms with Crippen LogP contribution in [0.5, 0.6) is 11.5 Å². The molecule has 0 radical (unpaired) electrons. The Morgan fingerprint density at radius 1 is 1.05 bits per heavy atom. The minimum absolute atomic E-state index is 0.688. The molecule has 1 N–H and O–H groups in total. The van der Waals surface area contributed by atoms with E-state index in [9.17, 15) is 0 Å². The van der Waals surface area contributed by atoms with Gasteiger partial charge >= 0.3 is 0 Å². The van der Waals surface area contributed by atoms with Crippen LogP contribution in [-0.2, 0) is 6.54 Å². The van der Waals surface area contributed by atoms with Crippen molar-refractivity contribution >= 4 is 11.6 Å². The summed E-state index contributed by atoms with van der Waals surface area (Å²) in [4.78, 5) is 0. The van der Waals surface area contributed by atoms with Crippen LogP contribution in [0.2, 0.25) is 5.02 Å². The first-order valence-corrected chi connectivity index (χ1v) is 7.76. The van der Waals surface area contributed by atoms with Gasteiger partial charge in [-0.15, -0.1) is 0 Å². The van der Waals surface area contributed by atoms with E-state index in [1.807, 2.05) is 30.3 Å². The summed E-state index contributed by atoms with van der Waals surface area (Å²) in [6.07, 6.45) is 2.57. The van der Waals surface area contributed by atoms with Crippen molar-refractivity contribution in [3.63, 3.8) is 0 Å². The third-order valence-corrected chi connectivity index (χ3v) is 4.25. The molecule has 0 amide bonds. The molecule has 0 bridgehead atoms. The molecule has 0 unspecified atom stereocenters. The van der Waals surface area contributed by atoms with Crippen LogP contribution < -0.4 is 10.1 Å². The topological polar surface area (TPSA) is 21.3 Å². The molecule has 0 spiro atoms. The van der Waals surface area contributed by atoms with Gasteiger partial charge in [0.25, 0.3) is 0 Å². The van der Waals surface area contributed by atoms with Gasteiger partial charge in [0.05, 0.1) is 0 Å². The lowest BCUT2D eigenvalue weighted by Gasteiger charge is -2.10. The fraction of sp³-hybridized carbons (Fsp3) is 0.333. The number of hydrogen-bond acceptors (Lipinski definition) is 2. The van der Waals surface area contributed by atoms with Gasteiger partial charge in [0, 0.05) is 17.6 Å². The third kappa shape index (κ3) is 3.78. The highest BCUT2D eigenvalue weighted by molar-refractivity contribution is 6.31. The monoisotopic (exact) mass is 301 g/mol. The fourth-order valence-corrected chi connectivity index (χ4v) is 2.43. The lowest BCUT2D eigenvalue weighted by atomic mass is 10.1. The molecule has 1 aliphatic carbocycles. The number of halogens is 1. The molecule has 0 heterocycles. The predicted molar refractivity (Wildman–Crippen MR) is 87.3 cm³/mol. The molecule has 1 aliphatic rings. The van der Waals surface area contributed by atoms with Gasteiger partial charge in [-0.2, -0.15) is 0 Å². The zero-order valence-corrected chi connectivity index (χ0v) is 13.2. The van der Waals surface area contributed by atoms with E-state index in [0.717, 1.165) is 28.6 Å². The Morgan fingerprint density at radius 3 is 2.43 bits per heavy atom. The molecule has 2 aromatic carbocycles. The van der Waals surface area contributed by atoms with E-state index in [1.54, 1.807) is 0 Å². The summed E-state index contributed by atoms with van der Waals surface area (Å²) >= 11 is 6.34. The molecular weight excluding hydrogens is 282 g/mol. The van der Waals surface area contributed by atoms with E-state index in [1.165, 1.54) is 24.0 Å². The van der Waals surface area contributed by atoms with Crippen molar-refractivity contribution in [3.05, 3.63) is 58.1 Å². The van der Waals surface area contributed by atoms with Crippen LogP contribution in [0.3, 0.4) is 0 Å². The van der Waals surface area contributed by atoms with E-state index in [4.69, 9.17) is 16.3 Å². The van der Waals surface area contributed by atoms with Gasteiger partial charge in [-0.1, -0.05) is 23.7 Å². The van der Waals surface area contributed by atoms with Gasteiger partial charge in [-0.3, -0.25) is 0 Å². The van der Waals surface area contributed by atoms with Crippen molar-refractivity contribution in [1.29, 1.82) is 0 Å². The molecule has 110 valence electrons. The Bertz CT molecular complexity index is 650. The predicted octanol–water partition coefficient (Wildman–Crippen LogP) is 5.00. The van der Waals surface area contributed by atoms with Crippen LogP contribution in [-0.4, -0.2) is 6.04 Å². The van der Waals surface area contributed by atoms with Crippen LogP contribution in [0, 0.1) is 13.8 Å². The van der Waals surface area contributed by atoms with Gasteiger partial charge in [-0.25, -0.2) is 0 Å². The van der Waals surface area contributed by atoms with Crippen molar-refractivity contribution in [2.24, 2.45) is 0 Å². The van der Waals surface area contributed by atoms with E-state index in [2.05, 4.69) is 25.2 Å². The minimum Gasteiger partial charge on any atom is -0.457 e. The highest BCUT2D eigenvalue weighted by Gasteiger charge is 2.20. The van der Waals surface area contributed by atoms with Gasteiger partial charge in [0.2, 0.25) is 0 Å². The Kier molecular flexibility index (Phi) is 4.18. The number of benzene rings is 2. The Morgan fingerprint density at radius 2 is 1.76 bits per heavy atom. The molecular formula is C18H20ClNO. The largest absolute Gasteiger partial charge is 0.457 e. The summed E-state index contributed by atoms with van der Waals surface area (Å²) in [5.74, 6) is 1.62. The molecule has 3 heteroatoms. The van der Waals surface area contributed by atoms with Gasteiger partial charge in [0.15, 0.2) is 0 Å². The quantitative estimate of drug-likeness (QED) is 0.839. The number of nitrogens with one attached hydrogen (secondary N) is 1. The van der Waals surface area contributed by atoms with Crippen molar-refractivity contribution in [2.45, 2.75) is 39.3 Å². The summed E-state index contributed by atoms with van der Waals surface area (Å²) in [5.41, 5.74) is 3.61. The SMILES string of the molecule is Cc1ccc(Oc2ccc(CNC3CC3)c(Cl)c2)cc1C. The van der Waals surface area contributed by atoms with Crippen LogP contribution in [0.15, 0.2) is 36.4 Å². The second-order valence-electron chi connectivity index (χ2n) is 5.76. The fourth-order valence-electron chi connectivity index (χ4n) is 2.19. The molecule has 1 saturated carbocycles. The van der Waals surface area contributed by atoms with Crippen LogP contribution >= 0.6 is 11.6 Å². The Balaban J connectivity index is 1.70. The summed E-state index contributed by atoms with van der Waals surface area (Å²) in [6, 6.07) is 12.7. The number of ether oxygens (including phenoxy) is 1. The van der Waals surface area contributed by atoms with Gasteiger partial charge in [0.1, 0.15) is 11.5 Å². The Hall–Kier alpha value is -1.51. The van der Waals surface area contributed by atoms with Crippen molar-refractivity contribution in [3.8, 4) is 11.5 Å². The normalized spacial score (nSPS) is 14.2. The minimum atomic E-state index is 0.688. The van der Waals surface area contributed by atoms with Crippen molar-refractivity contribution in [2.75, 3.05) is 0 Å². The molecule has 0 atom stereocenters. The zero-order valence-electron chi connectivity index (χ0n) is 12.4. The molecule has 2 nitrogen and oxygen atoms in total. The van der Waals surface area contributed by atoms with Crippen LogP contribution in [0.1, 0.15) is 29.5 Å².